The Bertz CT molecular complexity index is 748. The fourth-order valence-electron chi connectivity index (χ4n) is 2.11. The van der Waals surface area contributed by atoms with Gasteiger partial charge in [0.05, 0.1) is 25.3 Å². The number of hydrogen-bond acceptors (Lipinski definition) is 6. The molecular weight excluding hydrogens is 260 g/mol. The molecule has 6 heteroatoms. The van der Waals surface area contributed by atoms with E-state index in [1.165, 1.54) is 38.5 Å². The van der Waals surface area contributed by atoms with Crippen molar-refractivity contribution in [1.82, 2.24) is 9.97 Å². The molecule has 0 bridgehead atoms. The van der Waals surface area contributed by atoms with Gasteiger partial charge in [0.1, 0.15) is 34.0 Å². The number of nitrogens with zero attached hydrogens (tertiary/aromatic N) is 2. The minimum atomic E-state index is 0.0424. The van der Waals surface area contributed by atoms with Crippen molar-refractivity contribution >= 4 is 22.1 Å². The lowest BCUT2D eigenvalue weighted by Crippen LogP contribution is -1.94. The maximum absolute atomic E-state index is 9.67. The van der Waals surface area contributed by atoms with Gasteiger partial charge in [-0.05, 0) is 0 Å². The van der Waals surface area contributed by atoms with Crippen LogP contribution in [-0.2, 0) is 0 Å². The van der Waals surface area contributed by atoms with E-state index in [1.807, 2.05) is 0 Å². The molecule has 0 unspecified atom stereocenters. The molecule has 0 aliphatic carbocycles. The molecule has 3 aromatic rings. The number of ether oxygens (including phenoxy) is 2. The number of phenolic OH excluding ortho intramolecular Hbond substituents is 2. The van der Waals surface area contributed by atoms with Gasteiger partial charge in [0, 0.05) is 24.3 Å². The summed E-state index contributed by atoms with van der Waals surface area (Å²) < 4.78 is 10.4. The Kier molecular flexibility index (Phi) is 2.71. The molecule has 2 aromatic carbocycles. The van der Waals surface area contributed by atoms with Gasteiger partial charge >= 0.3 is 0 Å². The van der Waals surface area contributed by atoms with Crippen LogP contribution in [0.4, 0.5) is 0 Å². The van der Waals surface area contributed by atoms with Crippen molar-refractivity contribution in [3.8, 4) is 23.0 Å². The number of rotatable bonds is 2. The van der Waals surface area contributed by atoms with Crippen LogP contribution in [0.2, 0.25) is 0 Å². The molecule has 0 radical (unpaired) electrons. The number of fused-ring (bicyclic) bond motifs is 2. The zero-order valence-corrected chi connectivity index (χ0v) is 10.9. The molecule has 6 nitrogen and oxygen atoms in total. The highest BCUT2D eigenvalue weighted by Gasteiger charge is 2.12. The Morgan fingerprint density at radius 2 is 1.15 bits per heavy atom. The fraction of sp³-hybridized carbons (Fsp3) is 0.143. The van der Waals surface area contributed by atoms with Crippen molar-refractivity contribution in [2.75, 3.05) is 14.2 Å². The predicted molar refractivity (Wildman–Crippen MR) is 73.5 cm³/mol. The number of phenols is 2. The molecule has 102 valence electrons. The van der Waals surface area contributed by atoms with Crippen LogP contribution < -0.4 is 9.47 Å². The van der Waals surface area contributed by atoms with Gasteiger partial charge in [-0.1, -0.05) is 0 Å². The fourth-order valence-corrected chi connectivity index (χ4v) is 2.11. The molecule has 20 heavy (non-hydrogen) atoms. The lowest BCUT2D eigenvalue weighted by molar-refractivity contribution is 0.410. The first-order valence-corrected chi connectivity index (χ1v) is 5.88. The van der Waals surface area contributed by atoms with Gasteiger partial charge in [0.15, 0.2) is 0 Å². The van der Waals surface area contributed by atoms with Gasteiger partial charge in [0.25, 0.3) is 0 Å². The summed E-state index contributed by atoms with van der Waals surface area (Å²) in [6.45, 7) is 0. The highest BCUT2D eigenvalue weighted by atomic mass is 16.5. The van der Waals surface area contributed by atoms with Crippen LogP contribution in [0.3, 0.4) is 0 Å². The quantitative estimate of drug-likeness (QED) is 0.696. The van der Waals surface area contributed by atoms with E-state index in [2.05, 4.69) is 9.97 Å². The van der Waals surface area contributed by atoms with Crippen molar-refractivity contribution in [3.63, 3.8) is 0 Å². The molecule has 0 atom stereocenters. The van der Waals surface area contributed by atoms with Crippen molar-refractivity contribution < 1.29 is 19.7 Å². The Morgan fingerprint density at radius 3 is 1.50 bits per heavy atom. The van der Waals surface area contributed by atoms with Gasteiger partial charge in [-0.2, -0.15) is 0 Å². The van der Waals surface area contributed by atoms with E-state index in [1.54, 1.807) is 0 Å². The largest absolute Gasteiger partial charge is 0.508 e. The summed E-state index contributed by atoms with van der Waals surface area (Å²) >= 11 is 0. The summed E-state index contributed by atoms with van der Waals surface area (Å²) in [6.07, 6.45) is 0. The van der Waals surface area contributed by atoms with Crippen LogP contribution in [0.15, 0.2) is 24.3 Å². The molecule has 2 N–H and O–H groups in total. The Balaban J connectivity index is 2.46. The number of aromatic nitrogens is 2. The second-order valence-electron chi connectivity index (χ2n) is 4.26. The first kappa shape index (κ1) is 12.3. The van der Waals surface area contributed by atoms with E-state index >= 15 is 0 Å². The molecule has 0 fully saturated rings. The first-order valence-electron chi connectivity index (χ1n) is 5.88. The smallest absolute Gasteiger partial charge is 0.150 e. The van der Waals surface area contributed by atoms with Crippen molar-refractivity contribution in [2.45, 2.75) is 0 Å². The van der Waals surface area contributed by atoms with Gasteiger partial charge in [-0.15, -0.1) is 0 Å². The van der Waals surface area contributed by atoms with Crippen molar-refractivity contribution in [1.29, 1.82) is 0 Å². The van der Waals surface area contributed by atoms with E-state index in [0.29, 0.717) is 33.6 Å². The molecule has 1 aromatic heterocycles. The standard InChI is InChI=1S/C14H12N2O4/c1-19-11-5-7(17)3-9-13(11)15-10-4-8(18)6-12(20-2)14(10)16-9/h3-6,17-18H,1-2H3. The maximum atomic E-state index is 9.67. The van der Waals surface area contributed by atoms with Crippen LogP contribution in [-0.4, -0.2) is 34.4 Å². The van der Waals surface area contributed by atoms with Crippen LogP contribution in [0, 0.1) is 0 Å². The van der Waals surface area contributed by atoms with Crippen LogP contribution in [0.5, 0.6) is 23.0 Å². The van der Waals surface area contributed by atoms with Crippen LogP contribution in [0.1, 0.15) is 0 Å². The van der Waals surface area contributed by atoms with Gasteiger partial charge in [-0.25, -0.2) is 9.97 Å². The average Bonchev–Trinajstić information content (AvgIpc) is 2.43. The highest BCUT2D eigenvalue weighted by Crippen LogP contribution is 2.33. The molecule has 0 saturated carbocycles. The van der Waals surface area contributed by atoms with Gasteiger partial charge in [-0.3, -0.25) is 0 Å². The van der Waals surface area contributed by atoms with E-state index in [-0.39, 0.29) is 11.5 Å². The molecule has 0 aliphatic rings. The van der Waals surface area contributed by atoms with Crippen LogP contribution in [0.25, 0.3) is 22.1 Å². The third-order valence-corrected chi connectivity index (χ3v) is 2.98. The second kappa shape index (κ2) is 4.41. The number of aromatic hydroxyl groups is 2. The number of methoxy groups -OCH3 is 2. The third kappa shape index (κ3) is 1.82. The molecule has 0 aliphatic heterocycles. The molecule has 1 heterocycles. The van der Waals surface area contributed by atoms with E-state index in [4.69, 9.17) is 9.47 Å². The maximum Gasteiger partial charge on any atom is 0.150 e. The topological polar surface area (TPSA) is 84.7 Å². The minimum absolute atomic E-state index is 0.0424. The lowest BCUT2D eigenvalue weighted by Gasteiger charge is -2.09. The summed E-state index contributed by atoms with van der Waals surface area (Å²) in [5.41, 5.74) is 1.98. The molecule has 0 saturated heterocycles. The van der Waals surface area contributed by atoms with E-state index in [0.717, 1.165) is 0 Å². The van der Waals surface area contributed by atoms with E-state index in [9.17, 15) is 10.2 Å². The minimum Gasteiger partial charge on any atom is -0.508 e. The molecular formula is C14H12N2O4. The zero-order chi connectivity index (χ0) is 14.3. The molecule has 3 rings (SSSR count). The van der Waals surface area contributed by atoms with Gasteiger partial charge in [0.2, 0.25) is 0 Å². The number of benzene rings is 2. The average molecular weight is 272 g/mol. The van der Waals surface area contributed by atoms with Crippen molar-refractivity contribution in [2.24, 2.45) is 0 Å². The summed E-state index contributed by atoms with van der Waals surface area (Å²) in [7, 11) is 2.98. The van der Waals surface area contributed by atoms with Crippen molar-refractivity contribution in [3.05, 3.63) is 24.3 Å². The normalized spacial score (nSPS) is 10.9. The van der Waals surface area contributed by atoms with E-state index < -0.39 is 0 Å². The summed E-state index contributed by atoms with van der Waals surface area (Å²) in [4.78, 5) is 8.84. The summed E-state index contributed by atoms with van der Waals surface area (Å²) in [5, 5.41) is 19.3. The third-order valence-electron chi connectivity index (χ3n) is 2.98. The zero-order valence-electron chi connectivity index (χ0n) is 10.9. The second-order valence-corrected chi connectivity index (χ2v) is 4.26. The predicted octanol–water partition coefficient (Wildman–Crippen LogP) is 2.21. The summed E-state index contributed by atoms with van der Waals surface area (Å²) in [5.74, 6) is 0.912. The Morgan fingerprint density at radius 1 is 0.750 bits per heavy atom. The number of hydrogen-bond donors (Lipinski definition) is 2. The Hall–Kier alpha value is -2.76. The van der Waals surface area contributed by atoms with Crippen LogP contribution >= 0.6 is 0 Å². The SMILES string of the molecule is COc1cc(O)cc2nc3c(OC)cc(O)cc3nc12. The first-order chi connectivity index (χ1) is 9.62. The molecule has 0 amide bonds. The highest BCUT2D eigenvalue weighted by molar-refractivity contribution is 5.93. The lowest BCUT2D eigenvalue weighted by atomic mass is 10.2. The Labute approximate surface area is 114 Å². The molecule has 0 spiro atoms. The van der Waals surface area contributed by atoms with Gasteiger partial charge < -0.3 is 19.7 Å². The monoisotopic (exact) mass is 272 g/mol. The summed E-state index contributed by atoms with van der Waals surface area (Å²) in [6, 6.07) is 5.92.